The largest absolute Gasteiger partial charge is 0.490 e. The van der Waals surface area contributed by atoms with Crippen molar-refractivity contribution in [3.8, 4) is 22.8 Å². The SMILES string of the molecule is Cc1ccc(OCCOc2ccc(-c3cnc(C)c(CC(=O)O)c3N3CCC(C)(C)CC3)cn2)cc1. The van der Waals surface area contributed by atoms with E-state index in [1.165, 1.54) is 5.56 Å². The number of carboxylic acid groups (broad SMARTS) is 1. The normalized spacial score (nSPS) is 14.9. The molecule has 0 atom stereocenters. The number of aromatic nitrogens is 2. The first-order valence-electron chi connectivity index (χ1n) is 12.5. The van der Waals surface area contributed by atoms with Crippen molar-refractivity contribution in [2.75, 3.05) is 31.2 Å². The van der Waals surface area contributed by atoms with Crippen molar-refractivity contribution in [3.05, 3.63) is 65.6 Å². The van der Waals surface area contributed by atoms with Gasteiger partial charge in [-0.15, -0.1) is 0 Å². The molecule has 1 fully saturated rings. The van der Waals surface area contributed by atoms with Crippen LogP contribution in [0.15, 0.2) is 48.8 Å². The summed E-state index contributed by atoms with van der Waals surface area (Å²) in [5.74, 6) is 0.467. The molecule has 3 heterocycles. The van der Waals surface area contributed by atoms with E-state index in [0.29, 0.717) is 19.1 Å². The van der Waals surface area contributed by atoms with E-state index in [1.54, 1.807) is 6.20 Å². The summed E-state index contributed by atoms with van der Waals surface area (Å²) in [6.45, 7) is 11.1. The number of nitrogens with zero attached hydrogens (tertiary/aromatic N) is 3. The Morgan fingerprint density at radius 2 is 1.67 bits per heavy atom. The van der Waals surface area contributed by atoms with Crippen molar-refractivity contribution in [2.24, 2.45) is 5.41 Å². The summed E-state index contributed by atoms with van der Waals surface area (Å²) in [6.07, 6.45) is 5.65. The Hall–Kier alpha value is -3.61. The Balaban J connectivity index is 1.50. The fourth-order valence-electron chi connectivity index (χ4n) is 4.47. The van der Waals surface area contributed by atoms with Gasteiger partial charge in [-0.3, -0.25) is 9.78 Å². The molecule has 2 aromatic heterocycles. The van der Waals surface area contributed by atoms with Gasteiger partial charge in [0.05, 0.1) is 12.1 Å². The van der Waals surface area contributed by atoms with Crippen LogP contribution in [0.3, 0.4) is 0 Å². The molecule has 0 aliphatic carbocycles. The van der Waals surface area contributed by atoms with Crippen LogP contribution in [0.25, 0.3) is 11.1 Å². The molecule has 36 heavy (non-hydrogen) atoms. The van der Waals surface area contributed by atoms with Crippen LogP contribution >= 0.6 is 0 Å². The van der Waals surface area contributed by atoms with E-state index in [2.05, 4.69) is 28.7 Å². The van der Waals surface area contributed by atoms with Gasteiger partial charge in [0.1, 0.15) is 19.0 Å². The lowest BCUT2D eigenvalue weighted by Gasteiger charge is -2.40. The van der Waals surface area contributed by atoms with Crippen molar-refractivity contribution >= 4 is 11.7 Å². The van der Waals surface area contributed by atoms with Crippen LogP contribution in [0, 0.1) is 19.3 Å². The number of hydrogen-bond donors (Lipinski definition) is 1. The Kier molecular flexibility index (Phi) is 7.77. The number of piperidine rings is 1. The van der Waals surface area contributed by atoms with Gasteiger partial charge in [-0.25, -0.2) is 4.98 Å². The summed E-state index contributed by atoms with van der Waals surface area (Å²) >= 11 is 0. The maximum Gasteiger partial charge on any atom is 0.307 e. The summed E-state index contributed by atoms with van der Waals surface area (Å²) in [7, 11) is 0. The fourth-order valence-corrected chi connectivity index (χ4v) is 4.47. The van der Waals surface area contributed by atoms with E-state index in [1.807, 2.05) is 56.4 Å². The van der Waals surface area contributed by atoms with Gasteiger partial charge in [0, 0.05) is 53.9 Å². The third kappa shape index (κ3) is 6.33. The molecule has 1 aromatic carbocycles. The lowest BCUT2D eigenvalue weighted by atomic mass is 9.82. The second kappa shape index (κ2) is 11.0. The van der Waals surface area contributed by atoms with Crippen molar-refractivity contribution in [3.63, 3.8) is 0 Å². The molecule has 3 aromatic rings. The minimum Gasteiger partial charge on any atom is -0.490 e. The number of rotatable bonds is 9. The van der Waals surface area contributed by atoms with Gasteiger partial charge in [-0.1, -0.05) is 31.5 Å². The molecule has 7 heteroatoms. The maximum absolute atomic E-state index is 11.7. The van der Waals surface area contributed by atoms with Crippen LogP contribution in [0.4, 0.5) is 5.69 Å². The fraction of sp³-hybridized carbons (Fsp3) is 0.414. The third-order valence-electron chi connectivity index (χ3n) is 6.80. The molecule has 1 aliphatic rings. The summed E-state index contributed by atoms with van der Waals surface area (Å²) in [5.41, 5.74) is 5.75. The first-order chi connectivity index (χ1) is 17.2. The molecular weight excluding hydrogens is 454 g/mol. The zero-order chi connectivity index (χ0) is 25.7. The van der Waals surface area contributed by atoms with Crippen LogP contribution < -0.4 is 14.4 Å². The van der Waals surface area contributed by atoms with Gasteiger partial charge in [-0.05, 0) is 50.3 Å². The number of carbonyl (C=O) groups is 1. The number of carboxylic acids is 1. The number of ether oxygens (including phenoxy) is 2. The molecule has 0 amide bonds. The van der Waals surface area contributed by atoms with Crippen molar-refractivity contribution in [1.82, 2.24) is 9.97 Å². The summed E-state index contributed by atoms with van der Waals surface area (Å²) in [4.78, 5) is 23.1. The molecule has 4 rings (SSSR count). The smallest absolute Gasteiger partial charge is 0.307 e. The number of anilines is 1. The topological polar surface area (TPSA) is 84.8 Å². The standard InChI is InChI=1S/C29H35N3O4/c1-20-5-8-23(9-6-20)35-15-16-36-26-10-7-22(18-31-26)25-19-30-21(2)24(17-27(33)34)28(25)32-13-11-29(3,4)12-14-32/h5-10,18-19H,11-17H2,1-4H3,(H,33,34). The van der Waals surface area contributed by atoms with E-state index in [-0.39, 0.29) is 11.8 Å². The third-order valence-corrected chi connectivity index (χ3v) is 6.80. The molecule has 0 saturated carbocycles. The lowest BCUT2D eigenvalue weighted by Crippen LogP contribution is -2.38. The van der Waals surface area contributed by atoms with E-state index in [0.717, 1.165) is 59.8 Å². The number of aliphatic carboxylic acids is 1. The Bertz CT molecular complexity index is 1180. The maximum atomic E-state index is 11.7. The minimum absolute atomic E-state index is 0.0580. The highest BCUT2D eigenvalue weighted by atomic mass is 16.5. The average Bonchev–Trinajstić information content (AvgIpc) is 2.85. The zero-order valence-electron chi connectivity index (χ0n) is 21.6. The van der Waals surface area contributed by atoms with E-state index in [4.69, 9.17) is 9.47 Å². The van der Waals surface area contributed by atoms with Crippen LogP contribution in [0.1, 0.15) is 43.5 Å². The van der Waals surface area contributed by atoms with Gasteiger partial charge in [0.2, 0.25) is 5.88 Å². The van der Waals surface area contributed by atoms with Gasteiger partial charge in [0.25, 0.3) is 0 Å². The number of hydrogen-bond acceptors (Lipinski definition) is 6. The molecule has 1 N–H and O–H groups in total. The van der Waals surface area contributed by atoms with Gasteiger partial charge >= 0.3 is 5.97 Å². The molecule has 0 bridgehead atoms. The Morgan fingerprint density at radius 3 is 2.31 bits per heavy atom. The van der Waals surface area contributed by atoms with Crippen molar-refractivity contribution in [2.45, 2.75) is 47.0 Å². The number of pyridine rings is 2. The van der Waals surface area contributed by atoms with Gasteiger partial charge in [-0.2, -0.15) is 0 Å². The van der Waals surface area contributed by atoms with Crippen LogP contribution in [0.2, 0.25) is 0 Å². The Labute approximate surface area is 213 Å². The number of benzene rings is 1. The molecule has 190 valence electrons. The van der Waals surface area contributed by atoms with Crippen LogP contribution in [-0.2, 0) is 11.2 Å². The monoisotopic (exact) mass is 489 g/mol. The molecule has 0 unspecified atom stereocenters. The van der Waals surface area contributed by atoms with Gasteiger partial charge in [0.15, 0.2) is 0 Å². The lowest BCUT2D eigenvalue weighted by molar-refractivity contribution is -0.136. The summed E-state index contributed by atoms with van der Waals surface area (Å²) < 4.78 is 11.5. The number of aryl methyl sites for hydroxylation is 2. The zero-order valence-corrected chi connectivity index (χ0v) is 21.6. The predicted octanol–water partition coefficient (Wildman–Crippen LogP) is 5.47. The highest BCUT2D eigenvalue weighted by Crippen LogP contribution is 2.39. The molecule has 0 radical (unpaired) electrons. The molecule has 1 aliphatic heterocycles. The highest BCUT2D eigenvalue weighted by Gasteiger charge is 2.29. The molecular formula is C29H35N3O4. The quantitative estimate of drug-likeness (QED) is 0.399. The van der Waals surface area contributed by atoms with Gasteiger partial charge < -0.3 is 19.5 Å². The second-order valence-electron chi connectivity index (χ2n) is 10.2. The molecule has 1 saturated heterocycles. The predicted molar refractivity (Wildman–Crippen MR) is 141 cm³/mol. The first kappa shape index (κ1) is 25.5. The van der Waals surface area contributed by atoms with E-state index >= 15 is 0 Å². The second-order valence-corrected chi connectivity index (χ2v) is 10.2. The van der Waals surface area contributed by atoms with E-state index in [9.17, 15) is 9.90 Å². The minimum atomic E-state index is -0.856. The first-order valence-corrected chi connectivity index (χ1v) is 12.5. The summed E-state index contributed by atoms with van der Waals surface area (Å²) in [6, 6.07) is 11.7. The molecule has 7 nitrogen and oxygen atoms in total. The van der Waals surface area contributed by atoms with Crippen molar-refractivity contribution < 1.29 is 19.4 Å². The summed E-state index contributed by atoms with van der Waals surface area (Å²) in [5, 5.41) is 9.60. The average molecular weight is 490 g/mol. The van der Waals surface area contributed by atoms with Crippen LogP contribution in [0.5, 0.6) is 11.6 Å². The molecule has 0 spiro atoms. The Morgan fingerprint density at radius 1 is 0.972 bits per heavy atom. The van der Waals surface area contributed by atoms with E-state index < -0.39 is 5.97 Å². The van der Waals surface area contributed by atoms with Crippen molar-refractivity contribution in [1.29, 1.82) is 0 Å². The van der Waals surface area contributed by atoms with Crippen LogP contribution in [-0.4, -0.2) is 47.3 Å². The highest BCUT2D eigenvalue weighted by molar-refractivity contribution is 5.84.